The average molecular weight is 361 g/mol. The molecular weight excluding hydrogens is 340 g/mol. The molecule has 3 N–H and O–H groups in total. The number of carbonyl (C=O) groups is 1. The number of nitrogen functional groups attached to an aromatic ring is 1. The van der Waals surface area contributed by atoms with E-state index < -0.39 is 0 Å². The molecular formula is C19H21ClN2O3. The van der Waals surface area contributed by atoms with Crippen LogP contribution in [0.1, 0.15) is 35.2 Å². The highest BCUT2D eigenvalue weighted by Gasteiger charge is 2.20. The van der Waals surface area contributed by atoms with Crippen molar-refractivity contribution in [2.75, 3.05) is 12.8 Å². The van der Waals surface area contributed by atoms with Gasteiger partial charge in [0, 0.05) is 18.2 Å². The number of nitrogens with one attached hydrogen (secondary N) is 1. The van der Waals surface area contributed by atoms with E-state index >= 15 is 0 Å². The highest BCUT2D eigenvalue weighted by Crippen LogP contribution is 2.30. The molecule has 0 heterocycles. The molecule has 25 heavy (non-hydrogen) atoms. The number of anilines is 1. The van der Waals surface area contributed by atoms with Gasteiger partial charge in [-0.15, -0.1) is 0 Å². The van der Waals surface area contributed by atoms with E-state index in [0.29, 0.717) is 28.6 Å². The minimum atomic E-state index is -0.280. The van der Waals surface area contributed by atoms with E-state index in [2.05, 4.69) is 5.32 Å². The van der Waals surface area contributed by atoms with E-state index in [-0.39, 0.29) is 12.0 Å². The van der Waals surface area contributed by atoms with Gasteiger partial charge in [-0.2, -0.15) is 0 Å². The first kappa shape index (κ1) is 17.4. The van der Waals surface area contributed by atoms with Crippen LogP contribution in [-0.2, 0) is 6.54 Å². The number of para-hydroxylation sites is 1. The van der Waals surface area contributed by atoms with Gasteiger partial charge in [0.25, 0.3) is 5.91 Å². The molecule has 1 aliphatic rings. The molecule has 2 aromatic rings. The third-order valence-corrected chi connectivity index (χ3v) is 4.65. The van der Waals surface area contributed by atoms with Crippen LogP contribution in [0.25, 0.3) is 0 Å². The van der Waals surface area contributed by atoms with Crippen LogP contribution < -0.4 is 20.5 Å². The molecule has 3 rings (SSSR count). The number of hydrogen-bond donors (Lipinski definition) is 2. The van der Waals surface area contributed by atoms with E-state index in [4.69, 9.17) is 26.8 Å². The van der Waals surface area contributed by atoms with Crippen LogP contribution in [0.15, 0.2) is 36.4 Å². The standard InChI is InChI=1S/C19H21ClN2O3/c1-24-18-10-16(21)15(20)9-14(18)19(23)22-11-12-5-2-3-8-17(12)25-13-6-4-7-13/h2-3,5,8-10,13H,4,6-7,11,21H2,1H3,(H,22,23). The maximum absolute atomic E-state index is 12.5. The topological polar surface area (TPSA) is 73.6 Å². The minimum Gasteiger partial charge on any atom is -0.496 e. The molecule has 1 saturated carbocycles. The van der Waals surface area contributed by atoms with Gasteiger partial charge in [-0.3, -0.25) is 4.79 Å². The van der Waals surface area contributed by atoms with Gasteiger partial charge in [-0.1, -0.05) is 29.8 Å². The number of nitrogens with two attached hydrogens (primary N) is 1. The van der Waals surface area contributed by atoms with Gasteiger partial charge < -0.3 is 20.5 Å². The fourth-order valence-electron chi connectivity index (χ4n) is 2.62. The van der Waals surface area contributed by atoms with Crippen molar-refractivity contribution in [1.29, 1.82) is 0 Å². The number of amides is 1. The van der Waals surface area contributed by atoms with Crippen LogP contribution in [0.5, 0.6) is 11.5 Å². The third-order valence-electron chi connectivity index (χ3n) is 4.32. The molecule has 1 fully saturated rings. The summed E-state index contributed by atoms with van der Waals surface area (Å²) in [7, 11) is 1.49. The SMILES string of the molecule is COc1cc(N)c(Cl)cc1C(=O)NCc1ccccc1OC1CCC1. The number of benzene rings is 2. The lowest BCUT2D eigenvalue weighted by Crippen LogP contribution is -2.27. The molecule has 0 unspecified atom stereocenters. The van der Waals surface area contributed by atoms with Gasteiger partial charge in [0.1, 0.15) is 11.5 Å². The summed E-state index contributed by atoms with van der Waals surface area (Å²) in [5.74, 6) is 0.922. The molecule has 6 heteroatoms. The van der Waals surface area contributed by atoms with Crippen LogP contribution in [0.3, 0.4) is 0 Å². The fourth-order valence-corrected chi connectivity index (χ4v) is 2.78. The second kappa shape index (κ2) is 7.66. The van der Waals surface area contributed by atoms with E-state index in [1.54, 1.807) is 6.07 Å². The summed E-state index contributed by atoms with van der Waals surface area (Å²) < 4.78 is 11.2. The van der Waals surface area contributed by atoms with Gasteiger partial charge in [-0.25, -0.2) is 0 Å². The summed E-state index contributed by atoms with van der Waals surface area (Å²) >= 11 is 6.03. The molecule has 0 spiro atoms. The number of rotatable bonds is 6. The molecule has 0 bridgehead atoms. The van der Waals surface area contributed by atoms with Crippen molar-refractivity contribution in [3.05, 3.63) is 52.5 Å². The van der Waals surface area contributed by atoms with Gasteiger partial charge >= 0.3 is 0 Å². The van der Waals surface area contributed by atoms with Crippen molar-refractivity contribution < 1.29 is 14.3 Å². The second-order valence-electron chi connectivity index (χ2n) is 6.04. The highest BCUT2D eigenvalue weighted by atomic mass is 35.5. The van der Waals surface area contributed by atoms with Gasteiger partial charge in [0.15, 0.2) is 0 Å². The van der Waals surface area contributed by atoms with Gasteiger partial charge in [0.05, 0.1) is 29.5 Å². The van der Waals surface area contributed by atoms with Crippen LogP contribution in [-0.4, -0.2) is 19.1 Å². The Kier molecular flexibility index (Phi) is 5.34. The lowest BCUT2D eigenvalue weighted by atomic mass is 9.96. The third kappa shape index (κ3) is 3.99. The van der Waals surface area contributed by atoms with Crippen LogP contribution in [0.4, 0.5) is 5.69 Å². The molecule has 2 aromatic carbocycles. The molecule has 0 saturated heterocycles. The van der Waals surface area contributed by atoms with Crippen molar-refractivity contribution in [2.24, 2.45) is 0 Å². The van der Waals surface area contributed by atoms with Crippen LogP contribution in [0, 0.1) is 0 Å². The number of methoxy groups -OCH3 is 1. The summed E-state index contributed by atoms with van der Waals surface area (Å²) in [6, 6.07) is 10.8. The van der Waals surface area contributed by atoms with E-state index in [1.807, 2.05) is 24.3 Å². The molecule has 0 aromatic heterocycles. The van der Waals surface area contributed by atoms with Gasteiger partial charge in [0.2, 0.25) is 0 Å². The summed E-state index contributed by atoms with van der Waals surface area (Å²) in [6.07, 6.45) is 3.66. The first-order valence-electron chi connectivity index (χ1n) is 8.24. The Balaban J connectivity index is 1.71. The zero-order valence-corrected chi connectivity index (χ0v) is 14.8. The number of carbonyl (C=O) groups excluding carboxylic acids is 1. The lowest BCUT2D eigenvalue weighted by molar-refractivity contribution is 0.0946. The zero-order valence-electron chi connectivity index (χ0n) is 14.0. The first-order valence-corrected chi connectivity index (χ1v) is 8.62. The Hall–Kier alpha value is -2.40. The number of ether oxygens (including phenoxy) is 2. The van der Waals surface area contributed by atoms with Gasteiger partial charge in [-0.05, 0) is 31.4 Å². The average Bonchev–Trinajstić information content (AvgIpc) is 2.58. The molecule has 132 valence electrons. The largest absolute Gasteiger partial charge is 0.496 e. The van der Waals surface area contributed by atoms with Crippen LogP contribution in [0.2, 0.25) is 5.02 Å². The Morgan fingerprint density at radius 1 is 1.28 bits per heavy atom. The van der Waals surface area contributed by atoms with E-state index in [1.165, 1.54) is 19.6 Å². The van der Waals surface area contributed by atoms with Crippen LogP contribution >= 0.6 is 11.6 Å². The minimum absolute atomic E-state index is 0.280. The predicted octanol–water partition coefficient (Wildman–Crippen LogP) is 3.79. The normalized spacial score (nSPS) is 13.8. The second-order valence-corrected chi connectivity index (χ2v) is 6.44. The molecule has 0 aliphatic heterocycles. The number of hydrogen-bond acceptors (Lipinski definition) is 4. The zero-order chi connectivity index (χ0) is 17.8. The first-order chi connectivity index (χ1) is 12.1. The Morgan fingerprint density at radius 2 is 2.04 bits per heavy atom. The Morgan fingerprint density at radius 3 is 2.72 bits per heavy atom. The van der Waals surface area contributed by atoms with Crippen molar-refractivity contribution in [3.8, 4) is 11.5 Å². The maximum Gasteiger partial charge on any atom is 0.255 e. The lowest BCUT2D eigenvalue weighted by Gasteiger charge is -2.27. The molecule has 1 amide bonds. The Labute approximate surface area is 152 Å². The fraction of sp³-hybridized carbons (Fsp3) is 0.316. The summed E-state index contributed by atoms with van der Waals surface area (Å²) in [5.41, 5.74) is 7.40. The van der Waals surface area contributed by atoms with Crippen molar-refractivity contribution >= 4 is 23.2 Å². The quantitative estimate of drug-likeness (QED) is 0.768. The smallest absolute Gasteiger partial charge is 0.255 e. The number of halogens is 1. The maximum atomic E-state index is 12.5. The van der Waals surface area contributed by atoms with E-state index in [9.17, 15) is 4.79 Å². The van der Waals surface area contributed by atoms with Crippen molar-refractivity contribution in [3.63, 3.8) is 0 Å². The monoisotopic (exact) mass is 360 g/mol. The van der Waals surface area contributed by atoms with Crippen molar-refractivity contribution in [2.45, 2.75) is 31.9 Å². The molecule has 0 atom stereocenters. The predicted molar refractivity (Wildman–Crippen MR) is 98.3 cm³/mol. The Bertz CT molecular complexity index is 775. The molecule has 5 nitrogen and oxygen atoms in total. The highest BCUT2D eigenvalue weighted by molar-refractivity contribution is 6.33. The molecule has 1 aliphatic carbocycles. The van der Waals surface area contributed by atoms with E-state index in [0.717, 1.165) is 24.2 Å². The van der Waals surface area contributed by atoms with Crippen molar-refractivity contribution in [1.82, 2.24) is 5.32 Å². The molecule has 0 radical (unpaired) electrons. The summed E-state index contributed by atoms with van der Waals surface area (Å²) in [4.78, 5) is 12.5. The summed E-state index contributed by atoms with van der Waals surface area (Å²) in [6.45, 7) is 0.354. The summed E-state index contributed by atoms with van der Waals surface area (Å²) in [5, 5.41) is 3.21.